The number of nitrogens with zero attached hydrogens (tertiary/aromatic N) is 3. The van der Waals surface area contributed by atoms with Gasteiger partial charge >= 0.3 is 0 Å². The van der Waals surface area contributed by atoms with Crippen LogP contribution in [0.3, 0.4) is 0 Å². The summed E-state index contributed by atoms with van der Waals surface area (Å²) in [5, 5.41) is 0. The van der Waals surface area contributed by atoms with E-state index in [2.05, 4.69) is 11.5 Å². The summed E-state index contributed by atoms with van der Waals surface area (Å²) in [5.41, 5.74) is 0. The Kier molecular flexibility index (Phi) is 6.39. The topological polar surface area (TPSA) is 53.1 Å². The van der Waals surface area contributed by atoms with Gasteiger partial charge in [-0.1, -0.05) is 6.08 Å². The Morgan fingerprint density at radius 3 is 2.32 bits per heavy atom. The van der Waals surface area contributed by atoms with Crippen molar-refractivity contribution in [3.63, 3.8) is 0 Å². The van der Waals surface area contributed by atoms with Gasteiger partial charge in [-0.2, -0.15) is 0 Å². The first-order chi connectivity index (χ1) is 10.6. The summed E-state index contributed by atoms with van der Waals surface area (Å²) < 4.78 is 5.29. The maximum atomic E-state index is 12.5. The second-order valence-electron chi connectivity index (χ2n) is 5.86. The zero-order chi connectivity index (χ0) is 15.9. The van der Waals surface area contributed by atoms with Gasteiger partial charge in [0, 0.05) is 45.7 Å². The van der Waals surface area contributed by atoms with Crippen LogP contribution in [0.4, 0.5) is 0 Å². The Balaban J connectivity index is 1.78. The summed E-state index contributed by atoms with van der Waals surface area (Å²) in [4.78, 5) is 30.4. The van der Waals surface area contributed by atoms with Crippen molar-refractivity contribution >= 4 is 11.8 Å². The number of ether oxygens (including phenoxy) is 1. The first-order valence-electron chi connectivity index (χ1n) is 8.12. The van der Waals surface area contributed by atoms with Gasteiger partial charge in [0.1, 0.15) is 0 Å². The van der Waals surface area contributed by atoms with E-state index >= 15 is 0 Å². The predicted molar refractivity (Wildman–Crippen MR) is 84.4 cm³/mol. The van der Waals surface area contributed by atoms with E-state index in [1.807, 2.05) is 16.7 Å². The molecule has 0 aromatic carbocycles. The Labute approximate surface area is 132 Å². The molecule has 6 nitrogen and oxygen atoms in total. The molecule has 2 heterocycles. The third kappa shape index (κ3) is 4.30. The number of morpholine rings is 1. The normalized spacial score (nSPS) is 21.5. The number of carbonyl (C=O) groups is 2. The van der Waals surface area contributed by atoms with Gasteiger partial charge in [0.15, 0.2) is 0 Å². The summed E-state index contributed by atoms with van der Waals surface area (Å²) in [7, 11) is 0. The van der Waals surface area contributed by atoms with Gasteiger partial charge in [-0.25, -0.2) is 0 Å². The highest BCUT2D eigenvalue weighted by molar-refractivity contribution is 5.81. The van der Waals surface area contributed by atoms with E-state index in [1.165, 1.54) is 0 Å². The van der Waals surface area contributed by atoms with E-state index < -0.39 is 0 Å². The molecule has 22 heavy (non-hydrogen) atoms. The Bertz CT molecular complexity index is 399. The van der Waals surface area contributed by atoms with Crippen molar-refractivity contribution in [2.24, 2.45) is 0 Å². The molecule has 6 heteroatoms. The fraction of sp³-hybridized carbons (Fsp3) is 0.750. The number of piperazine rings is 1. The highest BCUT2D eigenvalue weighted by atomic mass is 16.5. The van der Waals surface area contributed by atoms with Crippen LogP contribution in [0.2, 0.25) is 0 Å². The number of carbonyl (C=O) groups excluding carboxylic acids is 2. The molecule has 0 aliphatic carbocycles. The molecule has 0 aromatic rings. The van der Waals surface area contributed by atoms with Crippen molar-refractivity contribution in [2.75, 3.05) is 52.5 Å². The lowest BCUT2D eigenvalue weighted by molar-refractivity contribution is -0.142. The molecule has 2 saturated heterocycles. The van der Waals surface area contributed by atoms with Gasteiger partial charge in [-0.15, -0.1) is 6.58 Å². The molecular weight excluding hydrogens is 282 g/mol. The molecule has 124 valence electrons. The molecule has 0 N–H and O–H groups in total. The molecule has 0 aromatic heterocycles. The zero-order valence-electron chi connectivity index (χ0n) is 13.5. The van der Waals surface area contributed by atoms with Crippen LogP contribution in [0.15, 0.2) is 12.7 Å². The molecule has 2 amide bonds. The number of allylic oxidation sites excluding steroid dienone is 1. The van der Waals surface area contributed by atoms with Crippen LogP contribution < -0.4 is 0 Å². The average molecular weight is 309 g/mol. The van der Waals surface area contributed by atoms with Crippen molar-refractivity contribution in [3.8, 4) is 0 Å². The maximum absolute atomic E-state index is 12.5. The van der Waals surface area contributed by atoms with Crippen molar-refractivity contribution in [1.29, 1.82) is 0 Å². The number of rotatable bonds is 5. The van der Waals surface area contributed by atoms with Crippen LogP contribution in [0.25, 0.3) is 0 Å². The monoisotopic (exact) mass is 309 g/mol. The highest BCUT2D eigenvalue weighted by Crippen LogP contribution is 2.11. The minimum atomic E-state index is -0.122. The average Bonchev–Trinajstić information content (AvgIpc) is 2.59. The van der Waals surface area contributed by atoms with Crippen molar-refractivity contribution < 1.29 is 14.3 Å². The van der Waals surface area contributed by atoms with Crippen molar-refractivity contribution in [1.82, 2.24) is 14.7 Å². The van der Waals surface area contributed by atoms with E-state index in [-0.39, 0.29) is 17.9 Å². The molecule has 2 aliphatic heterocycles. The molecule has 0 spiro atoms. The number of amides is 2. The second-order valence-corrected chi connectivity index (χ2v) is 5.86. The molecule has 0 radical (unpaired) electrons. The fourth-order valence-electron chi connectivity index (χ4n) is 2.95. The minimum Gasteiger partial charge on any atom is -0.378 e. The molecule has 2 fully saturated rings. The Hall–Kier alpha value is -1.40. The lowest BCUT2D eigenvalue weighted by atomic mass is 10.2. The van der Waals surface area contributed by atoms with Crippen molar-refractivity contribution in [2.45, 2.75) is 25.8 Å². The lowest BCUT2D eigenvalue weighted by Gasteiger charge is -2.39. The molecule has 0 unspecified atom stereocenters. The highest BCUT2D eigenvalue weighted by Gasteiger charge is 2.30. The van der Waals surface area contributed by atoms with Gasteiger partial charge in [0.25, 0.3) is 0 Å². The standard InChI is InChI=1S/C16H27N3O3/c1-3-4-5-15(20)18-8-6-17(7-9-18)14(2)16(21)19-10-12-22-13-11-19/h3,14H,1,4-13H2,2H3/t14-/m0/s1. The molecule has 2 rings (SSSR count). The Morgan fingerprint density at radius 2 is 1.73 bits per heavy atom. The summed E-state index contributed by atoms with van der Waals surface area (Å²) >= 11 is 0. The second kappa shape index (κ2) is 8.29. The van der Waals surface area contributed by atoms with Crippen LogP contribution in [-0.2, 0) is 14.3 Å². The van der Waals surface area contributed by atoms with E-state index in [4.69, 9.17) is 4.74 Å². The quantitative estimate of drug-likeness (QED) is 0.688. The zero-order valence-corrected chi connectivity index (χ0v) is 13.5. The number of hydrogen-bond donors (Lipinski definition) is 0. The number of hydrogen-bond acceptors (Lipinski definition) is 4. The summed E-state index contributed by atoms with van der Waals surface area (Å²) in [6.07, 6.45) is 3.04. The maximum Gasteiger partial charge on any atom is 0.239 e. The largest absolute Gasteiger partial charge is 0.378 e. The summed E-state index contributed by atoms with van der Waals surface area (Å²) in [5.74, 6) is 0.362. The van der Waals surface area contributed by atoms with Gasteiger partial charge in [0.2, 0.25) is 11.8 Å². The molecule has 0 saturated carbocycles. The van der Waals surface area contributed by atoms with E-state index in [9.17, 15) is 9.59 Å². The molecule has 2 aliphatic rings. The molecular formula is C16H27N3O3. The summed E-state index contributed by atoms with van der Waals surface area (Å²) in [6.45, 7) is 11.2. The SMILES string of the molecule is C=CCCC(=O)N1CCN([C@@H](C)C(=O)N2CCOCC2)CC1. The van der Waals surface area contributed by atoms with Crippen LogP contribution in [0.1, 0.15) is 19.8 Å². The van der Waals surface area contributed by atoms with Gasteiger partial charge in [-0.3, -0.25) is 14.5 Å². The van der Waals surface area contributed by atoms with Crippen molar-refractivity contribution in [3.05, 3.63) is 12.7 Å². The first-order valence-corrected chi connectivity index (χ1v) is 8.12. The van der Waals surface area contributed by atoms with Gasteiger partial charge < -0.3 is 14.5 Å². The van der Waals surface area contributed by atoms with E-state index in [1.54, 1.807) is 6.08 Å². The Morgan fingerprint density at radius 1 is 1.09 bits per heavy atom. The van der Waals surface area contributed by atoms with Crippen LogP contribution in [0, 0.1) is 0 Å². The minimum absolute atomic E-state index is 0.122. The van der Waals surface area contributed by atoms with Crippen LogP contribution in [-0.4, -0.2) is 85.0 Å². The van der Waals surface area contributed by atoms with Crippen LogP contribution >= 0.6 is 0 Å². The van der Waals surface area contributed by atoms with Gasteiger partial charge in [-0.05, 0) is 13.3 Å². The summed E-state index contributed by atoms with van der Waals surface area (Å²) in [6, 6.07) is -0.122. The molecule has 0 bridgehead atoms. The fourth-order valence-corrected chi connectivity index (χ4v) is 2.95. The molecule has 1 atom stereocenters. The van der Waals surface area contributed by atoms with Crippen LogP contribution in [0.5, 0.6) is 0 Å². The smallest absolute Gasteiger partial charge is 0.239 e. The lowest BCUT2D eigenvalue weighted by Crippen LogP contribution is -2.56. The van der Waals surface area contributed by atoms with E-state index in [0.29, 0.717) is 45.8 Å². The van der Waals surface area contributed by atoms with Gasteiger partial charge in [0.05, 0.1) is 19.3 Å². The third-order valence-corrected chi connectivity index (χ3v) is 4.46. The first kappa shape index (κ1) is 17.0. The predicted octanol–water partition coefficient (Wildman–Crippen LogP) is 0.344. The van der Waals surface area contributed by atoms with E-state index in [0.717, 1.165) is 19.5 Å². The third-order valence-electron chi connectivity index (χ3n) is 4.46.